The van der Waals surface area contributed by atoms with Gasteiger partial charge in [-0.05, 0) is 68.1 Å². The van der Waals surface area contributed by atoms with Crippen molar-refractivity contribution in [1.29, 1.82) is 0 Å². The summed E-state index contributed by atoms with van der Waals surface area (Å²) in [5, 5.41) is 6.95. The van der Waals surface area contributed by atoms with Gasteiger partial charge in [0.05, 0.1) is 17.4 Å². The van der Waals surface area contributed by atoms with Gasteiger partial charge in [0, 0.05) is 31.1 Å². The molecule has 2 aromatic carbocycles. The minimum absolute atomic E-state index is 0.147. The summed E-state index contributed by atoms with van der Waals surface area (Å²) in [5.41, 5.74) is 2.42. The maximum Gasteiger partial charge on any atom is 0.243 e. The molecule has 0 bridgehead atoms. The molecule has 4 rings (SSSR count). The van der Waals surface area contributed by atoms with Crippen LogP contribution >= 0.6 is 0 Å². The zero-order valence-corrected chi connectivity index (χ0v) is 22.5. The number of sulfonamides is 1. The molecule has 10 heteroatoms. The van der Waals surface area contributed by atoms with Crippen molar-refractivity contribution in [3.63, 3.8) is 0 Å². The summed E-state index contributed by atoms with van der Waals surface area (Å²) < 4.78 is 38.8. The van der Waals surface area contributed by atoms with E-state index in [1.165, 1.54) is 4.31 Å². The highest BCUT2D eigenvalue weighted by molar-refractivity contribution is 7.89. The maximum atomic E-state index is 13.3. The van der Waals surface area contributed by atoms with Gasteiger partial charge in [0.1, 0.15) is 5.75 Å². The highest BCUT2D eigenvalue weighted by Gasteiger charge is 2.33. The minimum Gasteiger partial charge on any atom is -0.494 e. The van der Waals surface area contributed by atoms with Crippen LogP contribution in [-0.4, -0.2) is 48.5 Å². The molecule has 1 unspecified atom stereocenters. The summed E-state index contributed by atoms with van der Waals surface area (Å²) >= 11 is 0. The smallest absolute Gasteiger partial charge is 0.243 e. The number of carbonyl (C=O) groups is 1. The number of ether oxygens (including phenoxy) is 1. The summed E-state index contributed by atoms with van der Waals surface area (Å²) in [6, 6.07) is 12.4. The molecule has 2 heterocycles. The van der Waals surface area contributed by atoms with Crippen LogP contribution in [0.25, 0.3) is 0 Å². The van der Waals surface area contributed by atoms with E-state index in [9.17, 15) is 13.2 Å². The highest BCUT2D eigenvalue weighted by Crippen LogP contribution is 2.28. The summed E-state index contributed by atoms with van der Waals surface area (Å²) in [6.45, 7) is 8.75. The number of rotatable bonds is 9. The fourth-order valence-electron chi connectivity index (χ4n) is 4.33. The molecule has 37 heavy (non-hydrogen) atoms. The van der Waals surface area contributed by atoms with E-state index >= 15 is 0 Å². The molecule has 0 saturated carbocycles. The largest absolute Gasteiger partial charge is 0.494 e. The third-order valence-corrected chi connectivity index (χ3v) is 8.26. The monoisotopic (exact) mass is 526 g/mol. The fourth-order valence-corrected chi connectivity index (χ4v) is 5.94. The van der Waals surface area contributed by atoms with E-state index in [0.29, 0.717) is 55.6 Å². The Bertz CT molecular complexity index is 1340. The first-order chi connectivity index (χ1) is 17.7. The summed E-state index contributed by atoms with van der Waals surface area (Å²) in [6.07, 6.45) is 1.79. The first-order valence-electron chi connectivity index (χ1n) is 12.6. The standard InChI is InChI=1S/C27H34N4O5S/c1-5-35-24-13-12-23(15-19(24)4)37(33,34)31-14-6-7-21(17-31)26(32)28-22-10-8-20(9-11-22)16-25-29-27(18(2)3)36-30-25/h8-13,15,18,21H,5-7,14,16-17H2,1-4H3,(H,28,32). The number of aromatic nitrogens is 2. The van der Waals surface area contributed by atoms with Crippen molar-refractivity contribution in [2.75, 3.05) is 25.0 Å². The Balaban J connectivity index is 1.37. The van der Waals surface area contributed by atoms with E-state index in [1.54, 1.807) is 18.2 Å². The van der Waals surface area contributed by atoms with Gasteiger partial charge in [-0.2, -0.15) is 9.29 Å². The van der Waals surface area contributed by atoms with Crippen molar-refractivity contribution < 1.29 is 22.5 Å². The van der Waals surface area contributed by atoms with E-state index in [0.717, 1.165) is 11.1 Å². The lowest BCUT2D eigenvalue weighted by atomic mass is 9.98. The normalized spacial score (nSPS) is 16.6. The second-order valence-electron chi connectivity index (χ2n) is 9.63. The van der Waals surface area contributed by atoms with Crippen LogP contribution in [0.2, 0.25) is 0 Å². The molecule has 1 N–H and O–H groups in total. The Labute approximate surface area is 218 Å². The summed E-state index contributed by atoms with van der Waals surface area (Å²) in [5.74, 6) is 1.46. The van der Waals surface area contributed by atoms with Gasteiger partial charge >= 0.3 is 0 Å². The van der Waals surface area contributed by atoms with E-state index in [2.05, 4.69) is 15.5 Å². The van der Waals surface area contributed by atoms with Gasteiger partial charge in [-0.15, -0.1) is 0 Å². The minimum atomic E-state index is -3.72. The number of hydrogen-bond donors (Lipinski definition) is 1. The Morgan fingerprint density at radius 2 is 1.97 bits per heavy atom. The quantitative estimate of drug-likeness (QED) is 0.436. The van der Waals surface area contributed by atoms with E-state index in [-0.39, 0.29) is 23.3 Å². The summed E-state index contributed by atoms with van der Waals surface area (Å²) in [7, 11) is -3.72. The van der Waals surface area contributed by atoms with Gasteiger partial charge in [0.15, 0.2) is 5.82 Å². The molecule has 1 fully saturated rings. The van der Waals surface area contributed by atoms with Crippen molar-refractivity contribution >= 4 is 21.6 Å². The maximum absolute atomic E-state index is 13.3. The van der Waals surface area contributed by atoms with Gasteiger partial charge in [-0.1, -0.05) is 31.1 Å². The Morgan fingerprint density at radius 3 is 2.62 bits per heavy atom. The third-order valence-electron chi connectivity index (χ3n) is 6.40. The SMILES string of the molecule is CCOc1ccc(S(=O)(=O)N2CCCC(C(=O)Nc3ccc(Cc4noc(C(C)C)n4)cc3)C2)cc1C. The van der Waals surface area contributed by atoms with E-state index in [1.807, 2.05) is 52.0 Å². The van der Waals surface area contributed by atoms with Gasteiger partial charge < -0.3 is 14.6 Å². The topological polar surface area (TPSA) is 115 Å². The predicted molar refractivity (Wildman–Crippen MR) is 140 cm³/mol. The Morgan fingerprint density at radius 1 is 1.22 bits per heavy atom. The molecular weight excluding hydrogens is 492 g/mol. The van der Waals surface area contributed by atoms with Crippen LogP contribution in [0.4, 0.5) is 5.69 Å². The predicted octanol–water partition coefficient (Wildman–Crippen LogP) is 4.53. The number of carbonyl (C=O) groups excluding carboxylic acids is 1. The lowest BCUT2D eigenvalue weighted by Gasteiger charge is -2.31. The average Bonchev–Trinajstić information content (AvgIpc) is 3.35. The third kappa shape index (κ3) is 6.37. The summed E-state index contributed by atoms with van der Waals surface area (Å²) in [4.78, 5) is 17.6. The number of nitrogens with zero attached hydrogens (tertiary/aromatic N) is 3. The van der Waals surface area contributed by atoms with Crippen LogP contribution in [0.1, 0.15) is 62.4 Å². The molecule has 0 spiro atoms. The number of aryl methyl sites for hydroxylation is 1. The van der Waals surface area contributed by atoms with Crippen molar-refractivity contribution in [2.24, 2.45) is 5.92 Å². The molecule has 1 aliphatic rings. The molecule has 1 aromatic heterocycles. The lowest BCUT2D eigenvalue weighted by molar-refractivity contribution is -0.120. The van der Waals surface area contributed by atoms with Crippen LogP contribution in [0.15, 0.2) is 51.9 Å². The zero-order valence-electron chi connectivity index (χ0n) is 21.7. The first-order valence-corrected chi connectivity index (χ1v) is 14.1. The number of hydrogen-bond acceptors (Lipinski definition) is 7. The van der Waals surface area contributed by atoms with E-state index in [4.69, 9.17) is 9.26 Å². The fraction of sp³-hybridized carbons (Fsp3) is 0.444. The molecule has 1 aliphatic heterocycles. The van der Waals surface area contributed by atoms with Crippen LogP contribution < -0.4 is 10.1 Å². The second-order valence-corrected chi connectivity index (χ2v) is 11.6. The Kier molecular flexibility index (Phi) is 8.29. The number of benzene rings is 2. The van der Waals surface area contributed by atoms with Crippen LogP contribution in [0.5, 0.6) is 5.75 Å². The Hall–Kier alpha value is -3.24. The lowest BCUT2D eigenvalue weighted by Crippen LogP contribution is -2.43. The molecule has 1 saturated heterocycles. The van der Waals surface area contributed by atoms with E-state index < -0.39 is 15.9 Å². The van der Waals surface area contributed by atoms with Crippen molar-refractivity contribution in [2.45, 2.75) is 57.8 Å². The van der Waals surface area contributed by atoms with Crippen molar-refractivity contribution in [3.8, 4) is 5.75 Å². The molecule has 0 aliphatic carbocycles. The first kappa shape index (κ1) is 26.8. The molecule has 1 atom stereocenters. The van der Waals surface area contributed by atoms with Crippen molar-refractivity contribution in [3.05, 3.63) is 65.3 Å². The zero-order chi connectivity index (χ0) is 26.6. The van der Waals surface area contributed by atoms with Crippen LogP contribution in [-0.2, 0) is 21.2 Å². The molecule has 9 nitrogen and oxygen atoms in total. The van der Waals surface area contributed by atoms with Crippen LogP contribution in [0.3, 0.4) is 0 Å². The second kappa shape index (κ2) is 11.4. The number of nitrogens with one attached hydrogen (secondary N) is 1. The average molecular weight is 527 g/mol. The van der Waals surface area contributed by atoms with Gasteiger partial charge in [-0.3, -0.25) is 4.79 Å². The molecule has 0 radical (unpaired) electrons. The number of amides is 1. The molecule has 3 aromatic rings. The molecular formula is C27H34N4O5S. The van der Waals surface area contributed by atoms with Crippen LogP contribution in [0, 0.1) is 12.8 Å². The number of anilines is 1. The molecule has 198 valence electrons. The highest BCUT2D eigenvalue weighted by atomic mass is 32.2. The number of piperidine rings is 1. The van der Waals surface area contributed by atoms with Gasteiger partial charge in [0.25, 0.3) is 0 Å². The van der Waals surface area contributed by atoms with Gasteiger partial charge in [-0.25, -0.2) is 8.42 Å². The molecule has 1 amide bonds. The van der Waals surface area contributed by atoms with Crippen molar-refractivity contribution in [1.82, 2.24) is 14.4 Å². The van der Waals surface area contributed by atoms with Gasteiger partial charge in [0.2, 0.25) is 21.8 Å².